The first-order valence-electron chi connectivity index (χ1n) is 24.6. The zero-order valence-electron chi connectivity index (χ0n) is 37.4. The van der Waals surface area contributed by atoms with Crippen LogP contribution in [0, 0.1) is 0 Å². The molecule has 0 aromatic heterocycles. The van der Waals surface area contributed by atoms with Crippen molar-refractivity contribution in [3.05, 3.63) is 24.3 Å². The molecule has 0 fully saturated rings. The Morgan fingerprint density at radius 1 is 0.482 bits per heavy atom. The first-order chi connectivity index (χ1) is 27.5. The van der Waals surface area contributed by atoms with Crippen LogP contribution in [0.15, 0.2) is 24.3 Å². The molecule has 56 heavy (non-hydrogen) atoms. The van der Waals surface area contributed by atoms with Crippen molar-refractivity contribution in [2.24, 2.45) is 0 Å². The van der Waals surface area contributed by atoms with Gasteiger partial charge in [-0.3, -0.25) is 9.59 Å². The molecule has 0 rings (SSSR count). The van der Waals surface area contributed by atoms with Crippen LogP contribution in [-0.4, -0.2) is 47.4 Å². The van der Waals surface area contributed by atoms with E-state index in [2.05, 4.69) is 31.3 Å². The second-order valence-electron chi connectivity index (χ2n) is 16.8. The Kier molecular flexibility index (Phi) is 44.7. The highest BCUT2D eigenvalue weighted by molar-refractivity contribution is 5.76. The van der Waals surface area contributed by atoms with Gasteiger partial charge in [0.1, 0.15) is 0 Å². The fourth-order valence-electron chi connectivity index (χ4n) is 7.39. The molecule has 0 bridgehead atoms. The number of carbonyl (C=O) groups excluding carboxylic acids is 2. The topological polar surface area (TPSA) is 95.9 Å². The molecule has 2 unspecified atom stereocenters. The van der Waals surface area contributed by atoms with Gasteiger partial charge in [-0.15, -0.1) is 0 Å². The highest BCUT2D eigenvalue weighted by Crippen LogP contribution is 2.15. The van der Waals surface area contributed by atoms with Crippen LogP contribution < -0.4 is 5.32 Å². The van der Waals surface area contributed by atoms with E-state index in [0.717, 1.165) is 77.0 Å². The van der Waals surface area contributed by atoms with Gasteiger partial charge in [-0.1, -0.05) is 205 Å². The Morgan fingerprint density at radius 2 is 0.839 bits per heavy atom. The van der Waals surface area contributed by atoms with Gasteiger partial charge in [-0.05, 0) is 64.2 Å². The Morgan fingerprint density at radius 3 is 1.27 bits per heavy atom. The van der Waals surface area contributed by atoms with Crippen molar-refractivity contribution in [2.45, 2.75) is 270 Å². The van der Waals surface area contributed by atoms with E-state index in [1.165, 1.54) is 154 Å². The third-order valence-corrected chi connectivity index (χ3v) is 11.2. The summed E-state index contributed by atoms with van der Waals surface area (Å²) in [6.07, 6.45) is 53.3. The summed E-state index contributed by atoms with van der Waals surface area (Å²) in [7, 11) is 0. The van der Waals surface area contributed by atoms with Crippen molar-refractivity contribution < 1.29 is 24.5 Å². The SMILES string of the molecule is CCCCCCCCC/C=C/C(O)C(CO)NC(=O)CCCCCCC/C=C\CCCCCOC(=O)CCCCCCCCCCCCCCCCCCCC. The van der Waals surface area contributed by atoms with Crippen LogP contribution >= 0.6 is 0 Å². The van der Waals surface area contributed by atoms with Gasteiger partial charge < -0.3 is 20.3 Å². The molecule has 0 heterocycles. The fourth-order valence-corrected chi connectivity index (χ4v) is 7.39. The minimum atomic E-state index is -0.857. The number of aliphatic hydroxyl groups excluding tert-OH is 2. The van der Waals surface area contributed by atoms with Crippen molar-refractivity contribution in [1.29, 1.82) is 0 Å². The van der Waals surface area contributed by atoms with E-state index < -0.39 is 12.1 Å². The molecule has 0 radical (unpaired) electrons. The van der Waals surface area contributed by atoms with Gasteiger partial charge in [-0.2, -0.15) is 0 Å². The summed E-state index contributed by atoms with van der Waals surface area (Å²) in [6, 6.07) is -0.643. The van der Waals surface area contributed by atoms with Crippen LogP contribution in [0.4, 0.5) is 0 Å². The highest BCUT2D eigenvalue weighted by atomic mass is 16.5. The average Bonchev–Trinajstić information content (AvgIpc) is 3.20. The predicted molar refractivity (Wildman–Crippen MR) is 241 cm³/mol. The van der Waals surface area contributed by atoms with Gasteiger partial charge in [0, 0.05) is 12.8 Å². The third kappa shape index (κ3) is 42.0. The third-order valence-electron chi connectivity index (χ3n) is 11.2. The van der Waals surface area contributed by atoms with Crippen LogP contribution in [0.25, 0.3) is 0 Å². The Balaban J connectivity index is 3.47. The summed E-state index contributed by atoms with van der Waals surface area (Å²) in [6.45, 7) is 4.81. The lowest BCUT2D eigenvalue weighted by Crippen LogP contribution is -2.45. The fraction of sp³-hybridized carbons (Fsp3) is 0.880. The molecule has 0 aliphatic heterocycles. The number of rotatable bonds is 45. The summed E-state index contributed by atoms with van der Waals surface area (Å²) >= 11 is 0. The van der Waals surface area contributed by atoms with Crippen molar-refractivity contribution in [3.8, 4) is 0 Å². The number of amides is 1. The molecule has 6 heteroatoms. The minimum Gasteiger partial charge on any atom is -0.466 e. The van der Waals surface area contributed by atoms with Gasteiger partial charge in [0.25, 0.3) is 0 Å². The summed E-state index contributed by atoms with van der Waals surface area (Å²) in [4.78, 5) is 24.4. The zero-order valence-corrected chi connectivity index (χ0v) is 37.4. The molecule has 2 atom stereocenters. The molecule has 0 aromatic rings. The average molecular weight is 790 g/mol. The number of aliphatic hydroxyl groups is 2. The molecule has 6 nitrogen and oxygen atoms in total. The van der Waals surface area contributed by atoms with E-state index in [9.17, 15) is 19.8 Å². The van der Waals surface area contributed by atoms with Gasteiger partial charge in [0.05, 0.1) is 25.4 Å². The number of nitrogens with one attached hydrogen (secondary N) is 1. The number of ether oxygens (including phenoxy) is 1. The molecular formula is C50H95NO5. The molecule has 0 saturated heterocycles. The normalized spacial score (nSPS) is 12.9. The van der Waals surface area contributed by atoms with E-state index in [1.807, 2.05) is 6.08 Å². The lowest BCUT2D eigenvalue weighted by molar-refractivity contribution is -0.143. The second kappa shape index (κ2) is 46.0. The van der Waals surface area contributed by atoms with Gasteiger partial charge in [0.2, 0.25) is 5.91 Å². The lowest BCUT2D eigenvalue weighted by atomic mass is 10.0. The number of unbranched alkanes of at least 4 members (excludes halogenated alkanes) is 32. The summed E-state index contributed by atoms with van der Waals surface area (Å²) in [5.41, 5.74) is 0. The maximum absolute atomic E-state index is 12.3. The second-order valence-corrected chi connectivity index (χ2v) is 16.8. The van der Waals surface area contributed by atoms with Crippen LogP contribution in [0.1, 0.15) is 258 Å². The monoisotopic (exact) mass is 790 g/mol. The van der Waals surface area contributed by atoms with Gasteiger partial charge in [0.15, 0.2) is 0 Å². The number of allylic oxidation sites excluding steroid dienone is 3. The van der Waals surface area contributed by atoms with Crippen LogP contribution in [0.3, 0.4) is 0 Å². The van der Waals surface area contributed by atoms with Crippen LogP contribution in [-0.2, 0) is 14.3 Å². The molecule has 0 saturated carbocycles. The number of hydrogen-bond donors (Lipinski definition) is 3. The van der Waals surface area contributed by atoms with Gasteiger partial charge in [-0.25, -0.2) is 0 Å². The standard InChI is InChI=1S/C50H95NO5/c1-3-5-7-9-11-13-14-15-16-17-18-19-20-24-28-32-36-40-44-50(55)56-45-41-37-33-29-25-22-21-23-27-31-35-39-43-49(54)51-47(46-52)48(53)42-38-34-30-26-12-10-8-6-4-2/h22,25,38,42,47-48,52-53H,3-21,23-24,26-37,39-41,43-46H2,1-2H3,(H,51,54)/b25-22-,42-38+. The van der Waals surface area contributed by atoms with Crippen molar-refractivity contribution >= 4 is 11.9 Å². The molecule has 1 amide bonds. The van der Waals surface area contributed by atoms with Crippen molar-refractivity contribution in [3.63, 3.8) is 0 Å². The number of carbonyl (C=O) groups is 2. The zero-order chi connectivity index (χ0) is 40.8. The Hall–Kier alpha value is -1.66. The molecule has 0 aliphatic rings. The van der Waals surface area contributed by atoms with Crippen molar-refractivity contribution in [1.82, 2.24) is 5.32 Å². The van der Waals surface area contributed by atoms with E-state index in [-0.39, 0.29) is 18.5 Å². The highest BCUT2D eigenvalue weighted by Gasteiger charge is 2.18. The Bertz CT molecular complexity index is 874. The van der Waals surface area contributed by atoms with E-state index in [0.29, 0.717) is 19.4 Å². The number of esters is 1. The maximum Gasteiger partial charge on any atom is 0.305 e. The van der Waals surface area contributed by atoms with Crippen LogP contribution in [0.5, 0.6) is 0 Å². The van der Waals surface area contributed by atoms with Crippen molar-refractivity contribution in [2.75, 3.05) is 13.2 Å². The Labute approximate surface area is 348 Å². The molecule has 0 spiro atoms. The molecule has 0 aromatic carbocycles. The number of hydrogen-bond acceptors (Lipinski definition) is 5. The van der Waals surface area contributed by atoms with E-state index in [1.54, 1.807) is 6.08 Å². The molecule has 330 valence electrons. The first-order valence-corrected chi connectivity index (χ1v) is 24.6. The quantitative estimate of drug-likeness (QED) is 0.0324. The van der Waals surface area contributed by atoms with E-state index >= 15 is 0 Å². The maximum atomic E-state index is 12.3. The lowest BCUT2D eigenvalue weighted by Gasteiger charge is -2.20. The largest absolute Gasteiger partial charge is 0.466 e. The smallest absolute Gasteiger partial charge is 0.305 e. The van der Waals surface area contributed by atoms with Crippen LogP contribution in [0.2, 0.25) is 0 Å². The van der Waals surface area contributed by atoms with Gasteiger partial charge >= 0.3 is 5.97 Å². The van der Waals surface area contributed by atoms with E-state index in [4.69, 9.17) is 4.74 Å². The summed E-state index contributed by atoms with van der Waals surface area (Å²) in [5.74, 6) is -0.118. The molecular weight excluding hydrogens is 695 g/mol. The minimum absolute atomic E-state index is 0.0210. The molecule has 0 aliphatic carbocycles. The summed E-state index contributed by atoms with van der Waals surface area (Å²) < 4.78 is 5.45. The molecule has 3 N–H and O–H groups in total. The summed E-state index contributed by atoms with van der Waals surface area (Å²) in [5, 5.41) is 22.8. The first kappa shape index (κ1) is 54.3. The predicted octanol–water partition coefficient (Wildman–Crippen LogP) is 14.3.